The Hall–Kier alpha value is -1.80. The largest absolute Gasteiger partial charge is 0.377 e. The minimum absolute atomic E-state index is 0.418. The smallest absolute Gasteiger partial charge is 0.0675 e. The second-order valence-corrected chi connectivity index (χ2v) is 6.20. The minimum atomic E-state index is 0.418. The summed E-state index contributed by atoms with van der Waals surface area (Å²) in [6, 6.07) is 20.6. The van der Waals surface area contributed by atoms with Crippen molar-refractivity contribution < 1.29 is 0 Å². The maximum atomic E-state index is 3.78. The van der Waals surface area contributed by atoms with Crippen molar-refractivity contribution >= 4 is 5.69 Å². The number of nitrogens with one attached hydrogen (secondary N) is 1. The normalized spacial score (nSPS) is 25.0. The van der Waals surface area contributed by atoms with Gasteiger partial charge in [-0.2, -0.15) is 0 Å². The van der Waals surface area contributed by atoms with Crippen LogP contribution in [0.2, 0.25) is 0 Å². The molecule has 2 atom stereocenters. The van der Waals surface area contributed by atoms with Crippen molar-refractivity contribution in [3.8, 4) is 0 Å². The highest BCUT2D eigenvalue weighted by Gasteiger charge is 2.36. The predicted octanol–water partition coefficient (Wildman–Crippen LogP) is 3.86. The van der Waals surface area contributed by atoms with Crippen molar-refractivity contribution in [3.63, 3.8) is 0 Å². The van der Waals surface area contributed by atoms with E-state index in [0.29, 0.717) is 12.1 Å². The molecule has 1 N–H and O–H groups in total. The Bertz CT molecular complexity index is 602. The standard InChI is InChI=1S/C19H22N2/c1-2-9-16(10-3-1)20-19-17-11-5-4-8-15(17)14-18(19)21-12-6-7-13-21/h1-5,8-11,18-20H,6-7,12-14H2/t18-,19?/m1/s1. The van der Waals surface area contributed by atoms with Gasteiger partial charge in [0.1, 0.15) is 0 Å². The molecule has 108 valence electrons. The van der Waals surface area contributed by atoms with E-state index in [-0.39, 0.29) is 0 Å². The van der Waals surface area contributed by atoms with Crippen LogP contribution in [0.25, 0.3) is 0 Å². The van der Waals surface area contributed by atoms with Crippen LogP contribution < -0.4 is 5.32 Å². The van der Waals surface area contributed by atoms with Gasteiger partial charge in [-0.25, -0.2) is 0 Å². The van der Waals surface area contributed by atoms with Gasteiger partial charge in [-0.3, -0.25) is 4.90 Å². The van der Waals surface area contributed by atoms with Crippen LogP contribution in [0, 0.1) is 0 Å². The van der Waals surface area contributed by atoms with E-state index in [9.17, 15) is 0 Å². The van der Waals surface area contributed by atoms with Crippen LogP contribution in [0.15, 0.2) is 54.6 Å². The summed E-state index contributed by atoms with van der Waals surface area (Å²) in [5, 5.41) is 3.78. The number of rotatable bonds is 3. The summed E-state index contributed by atoms with van der Waals surface area (Å²) in [7, 11) is 0. The molecule has 0 aromatic heterocycles. The summed E-state index contributed by atoms with van der Waals surface area (Å²) < 4.78 is 0. The Kier molecular flexibility index (Phi) is 3.40. The molecule has 2 aliphatic rings. The molecule has 0 saturated carbocycles. The number of para-hydroxylation sites is 1. The summed E-state index contributed by atoms with van der Waals surface area (Å²) in [5.74, 6) is 0. The van der Waals surface area contributed by atoms with Gasteiger partial charge in [0, 0.05) is 11.7 Å². The third kappa shape index (κ3) is 2.44. The SMILES string of the molecule is c1ccc(NC2c3ccccc3C[C@H]2N2CCCC2)cc1. The molecule has 21 heavy (non-hydrogen) atoms. The lowest BCUT2D eigenvalue weighted by Crippen LogP contribution is -2.38. The molecule has 2 heteroatoms. The third-order valence-corrected chi connectivity index (χ3v) is 4.91. The second kappa shape index (κ2) is 5.53. The highest BCUT2D eigenvalue weighted by molar-refractivity contribution is 5.49. The summed E-state index contributed by atoms with van der Waals surface area (Å²) in [6.45, 7) is 2.51. The Morgan fingerprint density at radius 1 is 0.857 bits per heavy atom. The number of hydrogen-bond donors (Lipinski definition) is 1. The molecule has 1 heterocycles. The van der Waals surface area contributed by atoms with E-state index in [4.69, 9.17) is 0 Å². The van der Waals surface area contributed by atoms with Crippen LogP contribution in [-0.4, -0.2) is 24.0 Å². The zero-order valence-corrected chi connectivity index (χ0v) is 12.3. The minimum Gasteiger partial charge on any atom is -0.377 e. The van der Waals surface area contributed by atoms with Crippen LogP contribution in [0.3, 0.4) is 0 Å². The predicted molar refractivity (Wildman–Crippen MR) is 87.5 cm³/mol. The van der Waals surface area contributed by atoms with Gasteiger partial charge in [0.15, 0.2) is 0 Å². The van der Waals surface area contributed by atoms with Crippen LogP contribution in [0.5, 0.6) is 0 Å². The van der Waals surface area contributed by atoms with Gasteiger partial charge in [-0.1, -0.05) is 42.5 Å². The van der Waals surface area contributed by atoms with Gasteiger partial charge in [0.25, 0.3) is 0 Å². The fourth-order valence-corrected chi connectivity index (χ4v) is 3.87. The first kappa shape index (κ1) is 12.9. The number of anilines is 1. The van der Waals surface area contributed by atoms with Crippen molar-refractivity contribution in [2.24, 2.45) is 0 Å². The summed E-state index contributed by atoms with van der Waals surface area (Å²) in [5.41, 5.74) is 4.23. The second-order valence-electron chi connectivity index (χ2n) is 6.20. The number of fused-ring (bicyclic) bond motifs is 1. The summed E-state index contributed by atoms with van der Waals surface area (Å²) >= 11 is 0. The van der Waals surface area contributed by atoms with Gasteiger partial charge in [0.2, 0.25) is 0 Å². The average molecular weight is 278 g/mol. The third-order valence-electron chi connectivity index (χ3n) is 4.91. The molecule has 0 amide bonds. The van der Waals surface area contributed by atoms with Gasteiger partial charge in [-0.05, 0) is 55.6 Å². The zero-order valence-electron chi connectivity index (χ0n) is 12.3. The van der Waals surface area contributed by atoms with Crippen LogP contribution in [0.1, 0.15) is 30.0 Å². The fraction of sp³-hybridized carbons (Fsp3) is 0.368. The van der Waals surface area contributed by atoms with E-state index >= 15 is 0 Å². The van der Waals surface area contributed by atoms with Gasteiger partial charge < -0.3 is 5.32 Å². The number of benzene rings is 2. The quantitative estimate of drug-likeness (QED) is 0.917. The van der Waals surface area contributed by atoms with E-state index in [1.807, 2.05) is 0 Å². The number of nitrogens with zero attached hydrogens (tertiary/aromatic N) is 1. The molecular weight excluding hydrogens is 256 g/mol. The maximum absolute atomic E-state index is 3.78. The Morgan fingerprint density at radius 3 is 2.38 bits per heavy atom. The molecule has 1 aliphatic carbocycles. The molecule has 1 fully saturated rings. The first-order valence-corrected chi connectivity index (χ1v) is 8.05. The van der Waals surface area contributed by atoms with Gasteiger partial charge in [0.05, 0.1) is 6.04 Å². The first-order chi connectivity index (χ1) is 10.4. The topological polar surface area (TPSA) is 15.3 Å². The summed E-state index contributed by atoms with van der Waals surface area (Å²) in [4.78, 5) is 2.68. The number of hydrogen-bond acceptors (Lipinski definition) is 2. The van der Waals surface area contributed by atoms with Crippen LogP contribution in [-0.2, 0) is 6.42 Å². The number of likely N-dealkylation sites (tertiary alicyclic amines) is 1. The summed E-state index contributed by atoms with van der Waals surface area (Å²) in [6.07, 6.45) is 3.89. The fourth-order valence-electron chi connectivity index (χ4n) is 3.87. The molecule has 1 aliphatic heterocycles. The van der Waals surface area contributed by atoms with E-state index in [1.54, 1.807) is 0 Å². The molecule has 4 rings (SSSR count). The van der Waals surface area contributed by atoms with Crippen molar-refractivity contribution in [3.05, 3.63) is 65.7 Å². The molecule has 0 spiro atoms. The Labute approximate surface area is 126 Å². The molecule has 0 bridgehead atoms. The molecule has 2 aromatic rings. The first-order valence-electron chi connectivity index (χ1n) is 8.05. The Balaban J connectivity index is 1.65. The van der Waals surface area contributed by atoms with Gasteiger partial charge >= 0.3 is 0 Å². The molecule has 2 nitrogen and oxygen atoms in total. The van der Waals surface area contributed by atoms with Crippen molar-refractivity contribution in [1.29, 1.82) is 0 Å². The monoisotopic (exact) mass is 278 g/mol. The van der Waals surface area contributed by atoms with E-state index < -0.39 is 0 Å². The highest BCUT2D eigenvalue weighted by atomic mass is 15.2. The van der Waals surface area contributed by atoms with E-state index in [2.05, 4.69) is 64.8 Å². The molecule has 0 radical (unpaired) electrons. The Morgan fingerprint density at radius 2 is 1.57 bits per heavy atom. The molecular formula is C19H22N2. The molecule has 1 unspecified atom stereocenters. The van der Waals surface area contributed by atoms with Gasteiger partial charge in [-0.15, -0.1) is 0 Å². The van der Waals surface area contributed by atoms with E-state index in [0.717, 1.165) is 0 Å². The highest BCUT2D eigenvalue weighted by Crippen LogP contribution is 2.38. The van der Waals surface area contributed by atoms with Crippen LogP contribution in [0.4, 0.5) is 5.69 Å². The average Bonchev–Trinajstić information content (AvgIpc) is 3.16. The maximum Gasteiger partial charge on any atom is 0.0675 e. The van der Waals surface area contributed by atoms with E-state index in [1.165, 1.54) is 49.2 Å². The lowest BCUT2D eigenvalue weighted by Gasteiger charge is -2.30. The molecule has 2 aromatic carbocycles. The lowest BCUT2D eigenvalue weighted by molar-refractivity contribution is 0.230. The van der Waals surface area contributed by atoms with Crippen molar-refractivity contribution in [2.45, 2.75) is 31.3 Å². The van der Waals surface area contributed by atoms with Crippen molar-refractivity contribution in [2.75, 3.05) is 18.4 Å². The molecule has 1 saturated heterocycles. The zero-order chi connectivity index (χ0) is 14.1. The van der Waals surface area contributed by atoms with Crippen molar-refractivity contribution in [1.82, 2.24) is 4.90 Å². The van der Waals surface area contributed by atoms with Crippen LogP contribution >= 0.6 is 0 Å². The lowest BCUT2D eigenvalue weighted by atomic mass is 10.1.